The van der Waals surface area contributed by atoms with E-state index in [1.807, 2.05) is 34.7 Å². The Labute approximate surface area is 170 Å². The molecule has 1 fully saturated rings. The summed E-state index contributed by atoms with van der Waals surface area (Å²) >= 11 is 3.11. The highest BCUT2D eigenvalue weighted by molar-refractivity contribution is 7.21. The molecule has 0 N–H and O–H groups in total. The summed E-state index contributed by atoms with van der Waals surface area (Å²) in [6.07, 6.45) is 2.01. The summed E-state index contributed by atoms with van der Waals surface area (Å²) in [5.41, 5.74) is 2.29. The fourth-order valence-corrected chi connectivity index (χ4v) is 5.38. The Kier molecular flexibility index (Phi) is 4.54. The van der Waals surface area contributed by atoms with Crippen molar-refractivity contribution in [3.63, 3.8) is 0 Å². The number of methoxy groups -OCH3 is 1. The summed E-state index contributed by atoms with van der Waals surface area (Å²) in [5, 5.41) is 2.02. The van der Waals surface area contributed by atoms with Gasteiger partial charge in [0.1, 0.15) is 10.6 Å². The number of thiazole rings is 1. The van der Waals surface area contributed by atoms with E-state index in [1.165, 1.54) is 16.9 Å². The molecule has 5 rings (SSSR count). The molecule has 28 heavy (non-hydrogen) atoms. The van der Waals surface area contributed by atoms with Crippen LogP contribution in [-0.4, -0.2) is 58.4 Å². The van der Waals surface area contributed by atoms with Gasteiger partial charge in [0, 0.05) is 44.3 Å². The molecule has 6 nitrogen and oxygen atoms in total. The van der Waals surface area contributed by atoms with Gasteiger partial charge in [0.25, 0.3) is 5.91 Å². The van der Waals surface area contributed by atoms with Gasteiger partial charge < -0.3 is 9.64 Å². The number of carbonyl (C=O) groups excluding carboxylic acids is 1. The molecule has 1 saturated heterocycles. The molecule has 1 aliphatic rings. The molecule has 0 unspecified atom stereocenters. The average Bonchev–Trinajstić information content (AvgIpc) is 3.41. The molecule has 3 aromatic heterocycles. The maximum atomic E-state index is 12.9. The van der Waals surface area contributed by atoms with Crippen LogP contribution in [0.3, 0.4) is 0 Å². The fourth-order valence-electron chi connectivity index (χ4n) is 3.61. The number of fused-ring (bicyclic) bond motifs is 3. The second kappa shape index (κ2) is 7.20. The van der Waals surface area contributed by atoms with E-state index in [4.69, 9.17) is 4.74 Å². The first kappa shape index (κ1) is 17.7. The number of hydrogen-bond acceptors (Lipinski definition) is 6. The van der Waals surface area contributed by atoms with Crippen molar-refractivity contribution in [3.05, 3.63) is 52.3 Å². The Hall–Kier alpha value is -2.42. The van der Waals surface area contributed by atoms with E-state index in [1.54, 1.807) is 18.4 Å². The lowest BCUT2D eigenvalue weighted by Gasteiger charge is -2.34. The van der Waals surface area contributed by atoms with Crippen molar-refractivity contribution in [1.82, 2.24) is 19.2 Å². The zero-order valence-electron chi connectivity index (χ0n) is 15.5. The van der Waals surface area contributed by atoms with Crippen LogP contribution in [0, 0.1) is 0 Å². The summed E-state index contributed by atoms with van der Waals surface area (Å²) < 4.78 is 7.27. The number of ether oxygens (including phenoxy) is 1. The molecule has 1 aromatic carbocycles. The SMILES string of the molecule is COc1ccc(CN2CCN(C(=O)c3cc4c(nc5sccn54)s3)CC2)cc1. The predicted octanol–water partition coefficient (Wildman–Crippen LogP) is 3.58. The lowest BCUT2D eigenvalue weighted by Crippen LogP contribution is -2.48. The van der Waals surface area contributed by atoms with Crippen molar-refractivity contribution in [2.24, 2.45) is 0 Å². The lowest BCUT2D eigenvalue weighted by atomic mass is 10.2. The highest BCUT2D eigenvalue weighted by Gasteiger charge is 2.24. The fraction of sp³-hybridized carbons (Fsp3) is 0.300. The molecule has 0 radical (unpaired) electrons. The van der Waals surface area contributed by atoms with Crippen molar-refractivity contribution in [1.29, 1.82) is 0 Å². The Morgan fingerprint density at radius 3 is 2.71 bits per heavy atom. The summed E-state index contributed by atoms with van der Waals surface area (Å²) in [6.45, 7) is 4.18. The van der Waals surface area contributed by atoms with Crippen LogP contribution in [0.5, 0.6) is 5.75 Å². The minimum absolute atomic E-state index is 0.121. The highest BCUT2D eigenvalue weighted by atomic mass is 32.1. The number of nitrogens with zero attached hydrogens (tertiary/aromatic N) is 4. The molecule has 1 aliphatic heterocycles. The monoisotopic (exact) mass is 412 g/mol. The Morgan fingerprint density at radius 2 is 1.96 bits per heavy atom. The van der Waals surface area contributed by atoms with Crippen molar-refractivity contribution >= 4 is 43.9 Å². The Morgan fingerprint density at radius 1 is 1.18 bits per heavy atom. The molecule has 4 heterocycles. The first-order valence-electron chi connectivity index (χ1n) is 9.21. The van der Waals surface area contributed by atoms with Crippen molar-refractivity contribution < 1.29 is 9.53 Å². The number of hydrogen-bond donors (Lipinski definition) is 0. The molecule has 4 aromatic rings. The van der Waals surface area contributed by atoms with Crippen LogP contribution in [0.1, 0.15) is 15.2 Å². The van der Waals surface area contributed by atoms with E-state index in [0.717, 1.165) is 58.7 Å². The van der Waals surface area contributed by atoms with Crippen LogP contribution in [-0.2, 0) is 6.54 Å². The molecular formula is C20H20N4O2S2. The van der Waals surface area contributed by atoms with Crippen LogP contribution in [0.25, 0.3) is 15.3 Å². The molecule has 8 heteroatoms. The molecular weight excluding hydrogens is 392 g/mol. The number of imidazole rings is 1. The van der Waals surface area contributed by atoms with E-state index >= 15 is 0 Å². The normalized spacial score (nSPS) is 15.5. The van der Waals surface area contributed by atoms with Crippen LogP contribution < -0.4 is 4.74 Å². The number of piperazine rings is 1. The first-order chi connectivity index (χ1) is 13.7. The van der Waals surface area contributed by atoms with Crippen molar-refractivity contribution in [2.45, 2.75) is 6.54 Å². The maximum absolute atomic E-state index is 12.9. The third kappa shape index (κ3) is 3.17. The Bertz CT molecular complexity index is 1120. The standard InChI is InChI=1S/C20H20N4O2S2/c1-26-15-4-2-14(3-5-15)13-22-6-8-23(9-7-22)19(25)17-12-16-18(28-17)21-20-24(16)10-11-27-20/h2-5,10-12H,6-9,13H2,1H3. The van der Waals surface area contributed by atoms with Gasteiger partial charge in [-0.1, -0.05) is 12.1 Å². The number of carbonyl (C=O) groups is 1. The van der Waals surface area contributed by atoms with Gasteiger partial charge in [0.2, 0.25) is 0 Å². The molecule has 144 valence electrons. The van der Waals surface area contributed by atoms with Crippen LogP contribution >= 0.6 is 22.7 Å². The van der Waals surface area contributed by atoms with Gasteiger partial charge in [0.05, 0.1) is 17.5 Å². The smallest absolute Gasteiger partial charge is 0.264 e. The third-order valence-electron chi connectivity index (χ3n) is 5.18. The molecule has 0 atom stereocenters. The van der Waals surface area contributed by atoms with Crippen molar-refractivity contribution in [2.75, 3.05) is 33.3 Å². The number of amides is 1. The van der Waals surface area contributed by atoms with Crippen LogP contribution in [0.4, 0.5) is 0 Å². The molecule has 0 spiro atoms. The van der Waals surface area contributed by atoms with Gasteiger partial charge in [-0.3, -0.25) is 14.1 Å². The van der Waals surface area contributed by atoms with E-state index in [9.17, 15) is 4.79 Å². The number of aromatic nitrogens is 2. The predicted molar refractivity (Wildman–Crippen MR) is 113 cm³/mol. The second-order valence-corrected chi connectivity index (χ2v) is 8.79. The zero-order chi connectivity index (χ0) is 19.1. The highest BCUT2D eigenvalue weighted by Crippen LogP contribution is 2.29. The van der Waals surface area contributed by atoms with Gasteiger partial charge in [0.15, 0.2) is 4.96 Å². The molecule has 0 bridgehead atoms. The second-order valence-electron chi connectivity index (χ2n) is 6.88. The average molecular weight is 413 g/mol. The van der Waals surface area contributed by atoms with Gasteiger partial charge >= 0.3 is 0 Å². The van der Waals surface area contributed by atoms with Gasteiger partial charge in [-0.15, -0.1) is 22.7 Å². The lowest BCUT2D eigenvalue weighted by molar-refractivity contribution is 0.0633. The summed E-state index contributed by atoms with van der Waals surface area (Å²) in [6, 6.07) is 10.2. The van der Waals surface area contributed by atoms with Crippen LogP contribution in [0.15, 0.2) is 41.9 Å². The van der Waals surface area contributed by atoms with E-state index in [2.05, 4.69) is 26.4 Å². The van der Waals surface area contributed by atoms with E-state index in [-0.39, 0.29) is 5.91 Å². The first-order valence-corrected chi connectivity index (χ1v) is 10.9. The van der Waals surface area contributed by atoms with Crippen LogP contribution in [0.2, 0.25) is 0 Å². The number of rotatable bonds is 4. The number of benzene rings is 1. The molecule has 0 saturated carbocycles. The van der Waals surface area contributed by atoms with Crippen molar-refractivity contribution in [3.8, 4) is 5.75 Å². The third-order valence-corrected chi connectivity index (χ3v) is 6.94. The van der Waals surface area contributed by atoms with E-state index in [0.29, 0.717) is 0 Å². The van der Waals surface area contributed by atoms with Gasteiger partial charge in [-0.25, -0.2) is 4.98 Å². The van der Waals surface area contributed by atoms with Gasteiger partial charge in [-0.2, -0.15) is 0 Å². The minimum Gasteiger partial charge on any atom is -0.497 e. The maximum Gasteiger partial charge on any atom is 0.264 e. The zero-order valence-corrected chi connectivity index (χ0v) is 17.1. The van der Waals surface area contributed by atoms with E-state index < -0.39 is 0 Å². The van der Waals surface area contributed by atoms with Gasteiger partial charge in [-0.05, 0) is 23.8 Å². The molecule has 1 amide bonds. The summed E-state index contributed by atoms with van der Waals surface area (Å²) in [4.78, 5) is 24.6. The quantitative estimate of drug-likeness (QED) is 0.514. The summed E-state index contributed by atoms with van der Waals surface area (Å²) in [5.74, 6) is 0.998. The topological polar surface area (TPSA) is 50.1 Å². The largest absolute Gasteiger partial charge is 0.497 e. The number of thiophene rings is 1. The minimum atomic E-state index is 0.121. The molecule has 0 aliphatic carbocycles. The summed E-state index contributed by atoms with van der Waals surface area (Å²) in [7, 11) is 1.68. The Balaban J connectivity index is 1.23.